The van der Waals surface area contributed by atoms with Gasteiger partial charge in [-0.25, -0.2) is 22.2 Å². The minimum atomic E-state index is -5.88. The van der Waals surface area contributed by atoms with Crippen LogP contribution in [-0.4, -0.2) is 72.6 Å². The third kappa shape index (κ3) is 6.11. The zero-order valence-corrected chi connectivity index (χ0v) is 24.6. The van der Waals surface area contributed by atoms with Crippen molar-refractivity contribution in [3.8, 4) is 10.4 Å². The molecular weight excluding hydrogens is 634 g/mol. The molecule has 0 spiro atoms. The Bertz CT molecular complexity index is 1500. The molecule has 2 amide bonds. The summed E-state index contributed by atoms with van der Waals surface area (Å²) < 4.78 is 134. The number of amides is 2. The molecule has 1 aliphatic heterocycles. The van der Waals surface area contributed by atoms with Crippen molar-refractivity contribution in [2.75, 3.05) is 12.8 Å². The molecule has 1 saturated heterocycles. The van der Waals surface area contributed by atoms with Crippen LogP contribution >= 0.6 is 11.3 Å². The lowest BCUT2D eigenvalue weighted by Crippen LogP contribution is -2.51. The summed E-state index contributed by atoms with van der Waals surface area (Å²) in [6.07, 6.45) is -12.8. The van der Waals surface area contributed by atoms with Crippen molar-refractivity contribution in [3.05, 3.63) is 40.0 Å². The third-order valence-corrected chi connectivity index (χ3v) is 10.8. The monoisotopic (exact) mass is 661 g/mol. The highest BCUT2D eigenvalue weighted by Crippen LogP contribution is 2.53. The molecule has 4 rings (SSSR count). The van der Waals surface area contributed by atoms with Gasteiger partial charge in [-0.15, -0.1) is 11.3 Å². The molecule has 1 N–H and O–H groups in total. The van der Waals surface area contributed by atoms with Gasteiger partial charge in [-0.05, 0) is 51.2 Å². The lowest BCUT2D eigenvalue weighted by molar-refractivity contribution is -0.297. The van der Waals surface area contributed by atoms with Crippen molar-refractivity contribution in [2.45, 2.75) is 81.1 Å². The summed E-state index contributed by atoms with van der Waals surface area (Å²) in [6, 6.07) is 0.365. The molecule has 1 aromatic carbocycles. The summed E-state index contributed by atoms with van der Waals surface area (Å²) in [4.78, 5) is 31.6. The van der Waals surface area contributed by atoms with Crippen molar-refractivity contribution < 1.29 is 53.1 Å². The summed E-state index contributed by atoms with van der Waals surface area (Å²) in [5, 5.41) is 1.53. The Labute approximate surface area is 245 Å². The highest BCUT2D eigenvalue weighted by atomic mass is 32.2. The van der Waals surface area contributed by atoms with E-state index in [1.54, 1.807) is 6.92 Å². The number of nitrogens with one attached hydrogen (secondary N) is 1. The van der Waals surface area contributed by atoms with E-state index < -0.39 is 79.5 Å². The van der Waals surface area contributed by atoms with Gasteiger partial charge in [-0.2, -0.15) is 26.3 Å². The normalized spacial score (nSPS) is 21.7. The zero-order valence-electron chi connectivity index (χ0n) is 22.9. The zero-order chi connectivity index (χ0) is 32.3. The highest BCUT2D eigenvalue weighted by Gasteiger charge is 2.68. The molecule has 0 unspecified atom stereocenters. The molecule has 1 aromatic heterocycles. The van der Waals surface area contributed by atoms with Crippen molar-refractivity contribution in [2.24, 2.45) is 0 Å². The number of benzene rings is 1. The molecule has 2 aromatic rings. The Morgan fingerprint density at radius 1 is 1.09 bits per heavy atom. The molecule has 2 heterocycles. The molecule has 1 saturated carbocycles. The summed E-state index contributed by atoms with van der Waals surface area (Å²) in [5.41, 5.74) is -8.14. The van der Waals surface area contributed by atoms with E-state index in [9.17, 15) is 53.1 Å². The molecular formula is C26H27F8N3O4S2. The Morgan fingerprint density at radius 3 is 2.19 bits per heavy atom. The van der Waals surface area contributed by atoms with Gasteiger partial charge in [0.2, 0.25) is 0 Å². The second-order valence-electron chi connectivity index (χ2n) is 11.0. The van der Waals surface area contributed by atoms with Crippen LogP contribution in [-0.2, 0) is 15.3 Å². The number of thiazole rings is 1. The predicted octanol–water partition coefficient (Wildman–Crippen LogP) is 6.06. The number of likely N-dealkylation sites (tertiary alicyclic amines) is 1. The van der Waals surface area contributed by atoms with Crippen LogP contribution in [0.1, 0.15) is 77.4 Å². The van der Waals surface area contributed by atoms with Gasteiger partial charge in [0.05, 0.1) is 10.1 Å². The van der Waals surface area contributed by atoms with Crippen molar-refractivity contribution >= 4 is 33.0 Å². The smallest absolute Gasteiger partial charge is 0.347 e. The van der Waals surface area contributed by atoms with Gasteiger partial charge in [0.1, 0.15) is 15.5 Å². The third-order valence-electron chi connectivity index (χ3n) is 8.12. The van der Waals surface area contributed by atoms with E-state index in [-0.39, 0.29) is 48.3 Å². The first-order chi connectivity index (χ1) is 19.7. The molecule has 43 heavy (non-hydrogen) atoms. The van der Waals surface area contributed by atoms with Crippen LogP contribution in [0.4, 0.5) is 35.1 Å². The first-order valence-corrected chi connectivity index (χ1v) is 15.8. The van der Waals surface area contributed by atoms with Gasteiger partial charge >= 0.3 is 12.4 Å². The number of hydrogen-bond acceptors (Lipinski definition) is 6. The van der Waals surface area contributed by atoms with E-state index in [4.69, 9.17) is 0 Å². The average Bonchev–Trinajstić information content (AvgIpc) is 3.49. The maximum atomic E-state index is 14.3. The number of aromatic nitrogens is 1. The molecule has 17 heteroatoms. The SMILES string of the molecule is C[C@H]1CCCN1C(=O)c1nc(C(=O)N[C@H]2C[C@H](S(C)(=O)=O)C2)sc1-c1ccc(C(C)(C(F)(F)F)C(F)(F)F)cc1C(F)F. The van der Waals surface area contributed by atoms with Gasteiger partial charge < -0.3 is 10.2 Å². The number of nitrogens with zero attached hydrogens (tertiary/aromatic N) is 2. The molecule has 2 aliphatic rings. The number of carbonyl (C=O) groups excluding carboxylic acids is 2. The fourth-order valence-electron chi connectivity index (χ4n) is 5.15. The van der Waals surface area contributed by atoms with Crippen LogP contribution < -0.4 is 5.32 Å². The minimum Gasteiger partial charge on any atom is -0.347 e. The van der Waals surface area contributed by atoms with E-state index in [2.05, 4.69) is 10.3 Å². The topological polar surface area (TPSA) is 96.4 Å². The van der Waals surface area contributed by atoms with Gasteiger partial charge in [0, 0.05) is 36.0 Å². The van der Waals surface area contributed by atoms with Crippen LogP contribution in [0.5, 0.6) is 0 Å². The lowest BCUT2D eigenvalue weighted by Gasteiger charge is -2.34. The van der Waals surface area contributed by atoms with E-state index in [1.165, 1.54) is 4.90 Å². The molecule has 2 fully saturated rings. The van der Waals surface area contributed by atoms with E-state index in [0.29, 0.717) is 36.3 Å². The number of carbonyl (C=O) groups is 2. The van der Waals surface area contributed by atoms with Crippen LogP contribution in [0.2, 0.25) is 0 Å². The van der Waals surface area contributed by atoms with Crippen molar-refractivity contribution in [1.29, 1.82) is 0 Å². The maximum absolute atomic E-state index is 14.3. The number of alkyl halides is 8. The van der Waals surface area contributed by atoms with Crippen molar-refractivity contribution in [3.63, 3.8) is 0 Å². The Morgan fingerprint density at radius 2 is 1.70 bits per heavy atom. The van der Waals surface area contributed by atoms with Gasteiger partial charge in [-0.3, -0.25) is 9.59 Å². The van der Waals surface area contributed by atoms with Gasteiger partial charge in [-0.1, -0.05) is 12.1 Å². The summed E-state index contributed by atoms with van der Waals surface area (Å²) in [6.45, 7) is 1.86. The Kier molecular flexibility index (Phi) is 8.67. The van der Waals surface area contributed by atoms with E-state index in [1.807, 2.05) is 0 Å². The van der Waals surface area contributed by atoms with Gasteiger partial charge in [0.15, 0.2) is 10.4 Å². The summed E-state index contributed by atoms with van der Waals surface area (Å²) in [7, 11) is -3.34. The van der Waals surface area contributed by atoms with Gasteiger partial charge in [0.25, 0.3) is 18.2 Å². The van der Waals surface area contributed by atoms with Crippen LogP contribution in [0.15, 0.2) is 18.2 Å². The highest BCUT2D eigenvalue weighted by molar-refractivity contribution is 7.91. The first kappa shape index (κ1) is 33.1. The molecule has 1 aliphatic carbocycles. The first-order valence-electron chi connectivity index (χ1n) is 13.0. The minimum absolute atomic E-state index is 0.118. The van der Waals surface area contributed by atoms with E-state index >= 15 is 0 Å². The summed E-state index contributed by atoms with van der Waals surface area (Å²) in [5.74, 6) is -1.58. The van der Waals surface area contributed by atoms with Crippen LogP contribution in [0.25, 0.3) is 10.4 Å². The molecule has 7 nitrogen and oxygen atoms in total. The number of halogens is 8. The fourth-order valence-corrected chi connectivity index (χ4v) is 7.32. The maximum Gasteiger partial charge on any atom is 0.406 e. The lowest BCUT2D eigenvalue weighted by atomic mass is 9.79. The fraction of sp³-hybridized carbons (Fsp3) is 0.577. The number of rotatable bonds is 7. The Balaban J connectivity index is 1.80. The molecule has 238 valence electrons. The molecule has 1 atom stereocenters. The quantitative estimate of drug-likeness (QED) is 0.364. The number of sulfone groups is 1. The van der Waals surface area contributed by atoms with Crippen LogP contribution in [0.3, 0.4) is 0 Å². The second kappa shape index (κ2) is 11.3. The number of hydrogen-bond donors (Lipinski definition) is 1. The second-order valence-corrected chi connectivity index (χ2v) is 14.3. The molecule has 0 bridgehead atoms. The average molecular weight is 662 g/mol. The Hall–Kier alpha value is -2.82. The summed E-state index contributed by atoms with van der Waals surface area (Å²) >= 11 is 0.481. The largest absolute Gasteiger partial charge is 0.406 e. The van der Waals surface area contributed by atoms with Crippen molar-refractivity contribution in [1.82, 2.24) is 15.2 Å². The standard InChI is InChI=1S/C26H27F8N3O4S2/c1-12-5-4-8-37(12)23(39)18-19(42-22(36-18)21(38)35-14-10-15(11-14)43(3,40)41)16-7-6-13(9-17(16)20(27)28)24(2,25(29,30)31)26(32,33)34/h6-7,9,12,14-15,20H,4-5,8,10-11H2,1-3H3,(H,35,38)/t12-,14-,15-/m0/s1. The molecule has 0 radical (unpaired) electrons. The van der Waals surface area contributed by atoms with Crippen LogP contribution in [0, 0.1) is 0 Å². The predicted molar refractivity (Wildman–Crippen MR) is 141 cm³/mol. The van der Waals surface area contributed by atoms with E-state index in [0.717, 1.165) is 6.26 Å².